The summed E-state index contributed by atoms with van der Waals surface area (Å²) in [5, 5.41) is 13.1. The summed E-state index contributed by atoms with van der Waals surface area (Å²) in [5.41, 5.74) is 2.39. The van der Waals surface area contributed by atoms with Crippen molar-refractivity contribution in [3.63, 3.8) is 0 Å². The van der Waals surface area contributed by atoms with Crippen molar-refractivity contribution < 1.29 is 9.59 Å². The molecule has 126 valence electrons. The molecule has 1 aliphatic heterocycles. The van der Waals surface area contributed by atoms with Gasteiger partial charge in [0, 0.05) is 50.6 Å². The van der Waals surface area contributed by atoms with Crippen molar-refractivity contribution >= 4 is 23.2 Å². The third-order valence-electron chi connectivity index (χ3n) is 4.15. The number of benzene rings is 1. The highest BCUT2D eigenvalue weighted by Gasteiger charge is 2.34. The smallest absolute Gasteiger partial charge is 0.229 e. The summed E-state index contributed by atoms with van der Waals surface area (Å²) >= 11 is 0. The summed E-state index contributed by atoms with van der Waals surface area (Å²) < 4.78 is 1.75. The van der Waals surface area contributed by atoms with E-state index in [1.165, 1.54) is 6.92 Å². The number of rotatable bonds is 4. The first-order valence-electron chi connectivity index (χ1n) is 7.90. The van der Waals surface area contributed by atoms with Crippen molar-refractivity contribution in [2.45, 2.75) is 12.8 Å². The van der Waals surface area contributed by atoms with E-state index in [2.05, 4.69) is 21.0 Å². The normalized spacial score (nSPS) is 19.9. The predicted octanol–water partition coefficient (Wildman–Crippen LogP) is 1.32. The average molecular weight is 327 g/mol. The molecule has 0 aliphatic carbocycles. The van der Waals surface area contributed by atoms with Crippen molar-refractivity contribution in [3.05, 3.63) is 42.2 Å². The van der Waals surface area contributed by atoms with Gasteiger partial charge in [-0.05, 0) is 23.8 Å². The van der Waals surface area contributed by atoms with E-state index >= 15 is 0 Å². The lowest BCUT2D eigenvalue weighted by Crippen LogP contribution is -2.28. The number of nitrogens with one attached hydrogen (secondary N) is 3. The second-order valence-corrected chi connectivity index (χ2v) is 6.07. The van der Waals surface area contributed by atoms with Crippen LogP contribution in [-0.2, 0) is 16.6 Å². The van der Waals surface area contributed by atoms with Crippen LogP contribution in [-0.4, -0.2) is 34.7 Å². The molecule has 1 saturated heterocycles. The van der Waals surface area contributed by atoms with Gasteiger partial charge in [0.15, 0.2) is 0 Å². The molecule has 24 heavy (non-hydrogen) atoms. The maximum atomic E-state index is 12.7. The topological polar surface area (TPSA) is 88.1 Å². The molecule has 3 N–H and O–H groups in total. The summed E-state index contributed by atoms with van der Waals surface area (Å²) in [5.74, 6) is -0.222. The van der Waals surface area contributed by atoms with Gasteiger partial charge in [-0.2, -0.15) is 5.10 Å². The van der Waals surface area contributed by atoms with Crippen LogP contribution >= 0.6 is 0 Å². The monoisotopic (exact) mass is 327 g/mol. The molecule has 1 fully saturated rings. The minimum atomic E-state index is -0.154. The molecule has 0 saturated carbocycles. The van der Waals surface area contributed by atoms with Crippen LogP contribution in [0.4, 0.5) is 11.4 Å². The predicted molar refractivity (Wildman–Crippen MR) is 91.7 cm³/mol. The van der Waals surface area contributed by atoms with Gasteiger partial charge < -0.3 is 16.0 Å². The van der Waals surface area contributed by atoms with Gasteiger partial charge in [0.05, 0.1) is 12.1 Å². The molecule has 7 nitrogen and oxygen atoms in total. The number of amides is 2. The highest BCUT2D eigenvalue weighted by molar-refractivity contribution is 5.95. The van der Waals surface area contributed by atoms with E-state index in [-0.39, 0.29) is 23.7 Å². The summed E-state index contributed by atoms with van der Waals surface area (Å²) in [7, 11) is 1.87. The number of hydrogen-bond donors (Lipinski definition) is 3. The molecule has 2 heterocycles. The Kier molecular flexibility index (Phi) is 4.61. The fourth-order valence-electron chi connectivity index (χ4n) is 3.05. The first-order valence-corrected chi connectivity index (χ1v) is 7.90. The molecule has 0 spiro atoms. The largest absolute Gasteiger partial charge is 0.326 e. The molecular formula is C17H21N5O2. The lowest BCUT2D eigenvalue weighted by Gasteiger charge is -2.17. The van der Waals surface area contributed by atoms with Crippen LogP contribution in [0.2, 0.25) is 0 Å². The third-order valence-corrected chi connectivity index (χ3v) is 4.15. The molecule has 3 rings (SSSR count). The Morgan fingerprint density at radius 3 is 2.67 bits per heavy atom. The van der Waals surface area contributed by atoms with Crippen molar-refractivity contribution in [2.24, 2.45) is 13.0 Å². The van der Waals surface area contributed by atoms with E-state index in [0.29, 0.717) is 17.9 Å². The van der Waals surface area contributed by atoms with Crippen molar-refractivity contribution in [1.29, 1.82) is 0 Å². The molecule has 2 aromatic rings. The van der Waals surface area contributed by atoms with Crippen molar-refractivity contribution in [3.8, 4) is 0 Å². The molecular weight excluding hydrogens is 306 g/mol. The number of carbonyl (C=O) groups excluding carboxylic acids is 2. The zero-order valence-electron chi connectivity index (χ0n) is 13.7. The van der Waals surface area contributed by atoms with E-state index < -0.39 is 0 Å². The van der Waals surface area contributed by atoms with Crippen LogP contribution < -0.4 is 16.0 Å². The van der Waals surface area contributed by atoms with Crippen LogP contribution in [0.1, 0.15) is 18.4 Å². The Bertz CT molecular complexity index is 755. The van der Waals surface area contributed by atoms with Crippen molar-refractivity contribution in [2.75, 3.05) is 23.7 Å². The third kappa shape index (κ3) is 3.62. The molecule has 0 radical (unpaired) electrons. The van der Waals surface area contributed by atoms with Gasteiger partial charge in [-0.1, -0.05) is 6.07 Å². The molecule has 2 amide bonds. The quantitative estimate of drug-likeness (QED) is 0.790. The van der Waals surface area contributed by atoms with E-state index in [1.54, 1.807) is 22.9 Å². The van der Waals surface area contributed by atoms with E-state index in [0.717, 1.165) is 12.1 Å². The van der Waals surface area contributed by atoms with Gasteiger partial charge in [0.1, 0.15) is 0 Å². The number of aryl methyl sites for hydroxylation is 1. The summed E-state index contributed by atoms with van der Waals surface area (Å²) in [6.45, 7) is 2.85. The number of aromatic nitrogens is 2. The molecule has 1 aromatic carbocycles. The summed E-state index contributed by atoms with van der Waals surface area (Å²) in [6.07, 6.45) is 3.77. The van der Waals surface area contributed by atoms with Crippen LogP contribution in [0.15, 0.2) is 36.7 Å². The lowest BCUT2D eigenvalue weighted by atomic mass is 9.90. The van der Waals surface area contributed by atoms with Gasteiger partial charge in [-0.15, -0.1) is 0 Å². The molecule has 0 bridgehead atoms. The molecule has 1 aliphatic rings. The van der Waals surface area contributed by atoms with Crippen LogP contribution in [0.3, 0.4) is 0 Å². The Hall–Kier alpha value is -2.67. The maximum Gasteiger partial charge on any atom is 0.229 e. The highest BCUT2D eigenvalue weighted by atomic mass is 16.2. The Balaban J connectivity index is 1.71. The maximum absolute atomic E-state index is 12.7. The number of carbonyl (C=O) groups is 2. The SMILES string of the molecule is CC(=O)Nc1cccc(NC(=O)[C@H]2CNC[C@@H]2c2cnn(C)c2)c1. The van der Waals surface area contributed by atoms with Gasteiger partial charge in [-0.25, -0.2) is 0 Å². The standard InChI is InChI=1S/C17H21N5O2/c1-11(23)20-13-4-3-5-14(6-13)21-17(24)16-9-18-8-15(16)12-7-19-22(2)10-12/h3-7,10,15-16,18H,8-9H2,1-2H3,(H,20,23)(H,21,24)/t15-,16+/m1/s1. The van der Waals surface area contributed by atoms with Gasteiger partial charge in [0.2, 0.25) is 11.8 Å². The molecule has 1 aromatic heterocycles. The lowest BCUT2D eigenvalue weighted by molar-refractivity contribution is -0.119. The zero-order valence-corrected chi connectivity index (χ0v) is 13.7. The minimum Gasteiger partial charge on any atom is -0.326 e. The van der Waals surface area contributed by atoms with Gasteiger partial charge >= 0.3 is 0 Å². The van der Waals surface area contributed by atoms with Crippen LogP contribution in [0.5, 0.6) is 0 Å². The molecule has 2 atom stereocenters. The highest BCUT2D eigenvalue weighted by Crippen LogP contribution is 2.29. The Morgan fingerprint density at radius 1 is 1.25 bits per heavy atom. The summed E-state index contributed by atoms with van der Waals surface area (Å²) in [6, 6.07) is 7.14. The van der Waals surface area contributed by atoms with E-state index in [1.807, 2.05) is 25.5 Å². The number of anilines is 2. The number of hydrogen-bond acceptors (Lipinski definition) is 4. The van der Waals surface area contributed by atoms with Crippen molar-refractivity contribution in [1.82, 2.24) is 15.1 Å². The van der Waals surface area contributed by atoms with Crippen LogP contribution in [0, 0.1) is 5.92 Å². The molecule has 0 unspecified atom stereocenters. The minimum absolute atomic E-state index is 0.0335. The first kappa shape index (κ1) is 16.2. The van der Waals surface area contributed by atoms with E-state index in [4.69, 9.17) is 0 Å². The zero-order chi connectivity index (χ0) is 17.1. The summed E-state index contributed by atoms with van der Waals surface area (Å²) in [4.78, 5) is 23.8. The molecule has 7 heteroatoms. The number of nitrogens with zero attached hydrogens (tertiary/aromatic N) is 2. The fraction of sp³-hybridized carbons (Fsp3) is 0.353. The fourth-order valence-corrected chi connectivity index (χ4v) is 3.05. The van der Waals surface area contributed by atoms with Gasteiger partial charge in [0.25, 0.3) is 0 Å². The second-order valence-electron chi connectivity index (χ2n) is 6.07. The van der Waals surface area contributed by atoms with Gasteiger partial charge in [-0.3, -0.25) is 14.3 Å². The average Bonchev–Trinajstić information content (AvgIpc) is 3.15. The second kappa shape index (κ2) is 6.84. The van der Waals surface area contributed by atoms with E-state index in [9.17, 15) is 9.59 Å². The van der Waals surface area contributed by atoms with Crippen LogP contribution in [0.25, 0.3) is 0 Å². The Morgan fingerprint density at radius 2 is 2.00 bits per heavy atom. The Labute approximate surface area is 140 Å². The first-order chi connectivity index (χ1) is 11.5.